The van der Waals surface area contributed by atoms with Crippen LogP contribution in [-0.2, 0) is 11.3 Å². The number of benzene rings is 2. The molecule has 1 aliphatic rings. The zero-order valence-electron chi connectivity index (χ0n) is 12.8. The fourth-order valence-electron chi connectivity index (χ4n) is 3.32. The highest BCUT2D eigenvalue weighted by Crippen LogP contribution is 2.38. The molecule has 0 saturated carbocycles. The molecule has 0 spiro atoms. The first-order chi connectivity index (χ1) is 10.6. The van der Waals surface area contributed by atoms with Gasteiger partial charge in [0.25, 0.3) is 0 Å². The second-order valence-electron chi connectivity index (χ2n) is 6.05. The average molecular weight is 295 g/mol. The van der Waals surface area contributed by atoms with Crippen molar-refractivity contribution in [2.45, 2.75) is 25.9 Å². The molecule has 1 fully saturated rings. The third-order valence-corrected chi connectivity index (χ3v) is 4.47. The Morgan fingerprint density at radius 3 is 2.45 bits per heavy atom. The first kappa shape index (κ1) is 14.8. The molecule has 0 radical (unpaired) electrons. The van der Waals surface area contributed by atoms with E-state index in [2.05, 4.69) is 48.2 Å². The fraction of sp³-hybridized carbons (Fsp3) is 0.316. The molecule has 3 rings (SSSR count). The molecule has 1 N–H and O–H groups in total. The van der Waals surface area contributed by atoms with Gasteiger partial charge in [-0.05, 0) is 24.5 Å². The van der Waals surface area contributed by atoms with Crippen molar-refractivity contribution in [3.05, 3.63) is 71.3 Å². The summed E-state index contributed by atoms with van der Waals surface area (Å²) in [6, 6.07) is 18.5. The summed E-state index contributed by atoms with van der Waals surface area (Å²) in [5.74, 6) is -1.02. The van der Waals surface area contributed by atoms with Crippen LogP contribution in [0.25, 0.3) is 0 Å². The molecular formula is C19H21NO2. The molecule has 2 atom stereocenters. The molecule has 1 saturated heterocycles. The first-order valence-electron chi connectivity index (χ1n) is 7.72. The highest BCUT2D eigenvalue weighted by Gasteiger charge is 2.39. The van der Waals surface area contributed by atoms with Crippen LogP contribution in [0, 0.1) is 12.8 Å². The molecule has 1 aliphatic heterocycles. The number of hydrogen-bond acceptors (Lipinski definition) is 2. The Bertz CT molecular complexity index is 636. The van der Waals surface area contributed by atoms with Crippen molar-refractivity contribution in [3.63, 3.8) is 0 Å². The van der Waals surface area contributed by atoms with Gasteiger partial charge in [-0.1, -0.05) is 60.2 Å². The van der Waals surface area contributed by atoms with Crippen LogP contribution < -0.4 is 0 Å². The number of aliphatic carboxylic acids is 1. The van der Waals surface area contributed by atoms with Gasteiger partial charge in [0.2, 0.25) is 0 Å². The van der Waals surface area contributed by atoms with Crippen LogP contribution in [0.5, 0.6) is 0 Å². The minimum Gasteiger partial charge on any atom is -0.481 e. The van der Waals surface area contributed by atoms with Gasteiger partial charge in [-0.2, -0.15) is 0 Å². The van der Waals surface area contributed by atoms with Crippen molar-refractivity contribution in [2.24, 2.45) is 5.92 Å². The van der Waals surface area contributed by atoms with Gasteiger partial charge < -0.3 is 5.11 Å². The summed E-state index contributed by atoms with van der Waals surface area (Å²) in [6.07, 6.45) is 0.709. The Morgan fingerprint density at radius 1 is 1.14 bits per heavy atom. The van der Waals surface area contributed by atoms with E-state index < -0.39 is 5.97 Å². The van der Waals surface area contributed by atoms with E-state index in [0.717, 1.165) is 18.7 Å². The highest BCUT2D eigenvalue weighted by atomic mass is 16.4. The molecule has 114 valence electrons. The highest BCUT2D eigenvalue weighted by molar-refractivity contribution is 5.71. The molecule has 0 aliphatic carbocycles. The molecule has 3 heteroatoms. The number of rotatable bonds is 4. The molecule has 22 heavy (non-hydrogen) atoms. The van der Waals surface area contributed by atoms with Crippen molar-refractivity contribution in [1.29, 1.82) is 0 Å². The number of carbonyl (C=O) groups is 1. The normalized spacial score (nSPS) is 21.9. The van der Waals surface area contributed by atoms with E-state index in [-0.39, 0.29) is 12.0 Å². The van der Waals surface area contributed by atoms with Crippen molar-refractivity contribution in [2.75, 3.05) is 6.54 Å². The maximum Gasteiger partial charge on any atom is 0.308 e. The molecule has 2 unspecified atom stereocenters. The van der Waals surface area contributed by atoms with Crippen LogP contribution in [0.15, 0.2) is 54.6 Å². The topological polar surface area (TPSA) is 40.5 Å². The van der Waals surface area contributed by atoms with Crippen LogP contribution >= 0.6 is 0 Å². The van der Waals surface area contributed by atoms with E-state index in [9.17, 15) is 9.90 Å². The Hall–Kier alpha value is -2.13. The molecule has 0 aromatic heterocycles. The first-order valence-corrected chi connectivity index (χ1v) is 7.72. The molecule has 3 nitrogen and oxygen atoms in total. The van der Waals surface area contributed by atoms with E-state index in [0.29, 0.717) is 6.42 Å². The molecule has 0 amide bonds. The monoisotopic (exact) mass is 295 g/mol. The second-order valence-corrected chi connectivity index (χ2v) is 6.05. The lowest BCUT2D eigenvalue weighted by Crippen LogP contribution is -2.28. The Morgan fingerprint density at radius 2 is 1.82 bits per heavy atom. The Kier molecular flexibility index (Phi) is 4.25. The largest absolute Gasteiger partial charge is 0.481 e. The van der Waals surface area contributed by atoms with Crippen LogP contribution in [0.2, 0.25) is 0 Å². The molecule has 2 aromatic carbocycles. The van der Waals surface area contributed by atoms with Gasteiger partial charge in [-0.15, -0.1) is 0 Å². The zero-order chi connectivity index (χ0) is 15.5. The maximum absolute atomic E-state index is 11.6. The lowest BCUT2D eigenvalue weighted by atomic mass is 9.93. The van der Waals surface area contributed by atoms with E-state index >= 15 is 0 Å². The summed E-state index contributed by atoms with van der Waals surface area (Å²) in [5, 5.41) is 9.56. The van der Waals surface area contributed by atoms with Crippen LogP contribution in [-0.4, -0.2) is 22.5 Å². The van der Waals surface area contributed by atoms with Crippen molar-refractivity contribution < 1.29 is 9.90 Å². The van der Waals surface area contributed by atoms with Gasteiger partial charge in [0.15, 0.2) is 0 Å². The molecule has 1 heterocycles. The van der Waals surface area contributed by atoms with Gasteiger partial charge in [0.1, 0.15) is 0 Å². The van der Waals surface area contributed by atoms with Crippen molar-refractivity contribution in [3.8, 4) is 0 Å². The average Bonchev–Trinajstić information content (AvgIpc) is 2.93. The van der Waals surface area contributed by atoms with E-state index in [1.165, 1.54) is 11.1 Å². The quantitative estimate of drug-likeness (QED) is 0.936. The van der Waals surface area contributed by atoms with Gasteiger partial charge in [0, 0.05) is 19.1 Å². The summed E-state index contributed by atoms with van der Waals surface area (Å²) in [6.45, 7) is 3.67. The summed E-state index contributed by atoms with van der Waals surface area (Å²) < 4.78 is 0. The molecular weight excluding hydrogens is 274 g/mol. The number of likely N-dealkylation sites (tertiary alicyclic amines) is 1. The summed E-state index contributed by atoms with van der Waals surface area (Å²) in [5.41, 5.74) is 3.53. The molecule has 2 aromatic rings. The Labute approximate surface area is 131 Å². The minimum absolute atomic E-state index is 0.0432. The Balaban J connectivity index is 1.88. The second kappa shape index (κ2) is 6.32. The van der Waals surface area contributed by atoms with E-state index in [1.54, 1.807) is 0 Å². The SMILES string of the molecule is Cc1ccc(C2C(C(=O)O)CCN2Cc2ccccc2)cc1. The van der Waals surface area contributed by atoms with E-state index in [1.807, 2.05) is 18.2 Å². The zero-order valence-corrected chi connectivity index (χ0v) is 12.8. The van der Waals surface area contributed by atoms with Crippen LogP contribution in [0.3, 0.4) is 0 Å². The predicted octanol–water partition coefficient (Wildman–Crippen LogP) is 3.64. The third-order valence-electron chi connectivity index (χ3n) is 4.47. The number of carboxylic acid groups (broad SMARTS) is 1. The third kappa shape index (κ3) is 3.04. The van der Waals surface area contributed by atoms with Crippen molar-refractivity contribution in [1.82, 2.24) is 4.90 Å². The summed E-state index contributed by atoms with van der Waals surface area (Å²) in [7, 11) is 0. The lowest BCUT2D eigenvalue weighted by molar-refractivity contribution is -0.142. The van der Waals surface area contributed by atoms with Crippen molar-refractivity contribution >= 4 is 5.97 Å². The van der Waals surface area contributed by atoms with E-state index in [4.69, 9.17) is 0 Å². The van der Waals surface area contributed by atoms with Crippen LogP contribution in [0.1, 0.15) is 29.2 Å². The summed E-state index contributed by atoms with van der Waals surface area (Å²) in [4.78, 5) is 13.9. The molecule has 0 bridgehead atoms. The van der Waals surface area contributed by atoms with Crippen LogP contribution in [0.4, 0.5) is 0 Å². The number of nitrogens with zero attached hydrogens (tertiary/aromatic N) is 1. The minimum atomic E-state index is -0.693. The summed E-state index contributed by atoms with van der Waals surface area (Å²) >= 11 is 0. The van der Waals surface area contributed by atoms with Gasteiger partial charge in [0.05, 0.1) is 5.92 Å². The predicted molar refractivity (Wildman–Crippen MR) is 86.5 cm³/mol. The lowest BCUT2D eigenvalue weighted by Gasteiger charge is -2.27. The number of carboxylic acids is 1. The smallest absolute Gasteiger partial charge is 0.308 e. The number of aryl methyl sites for hydroxylation is 1. The standard InChI is InChI=1S/C19H21NO2/c1-14-7-9-16(10-8-14)18-17(19(21)22)11-12-20(18)13-15-5-3-2-4-6-15/h2-10,17-18H,11-13H2,1H3,(H,21,22). The van der Waals surface area contributed by atoms with Gasteiger partial charge in [-0.25, -0.2) is 0 Å². The maximum atomic E-state index is 11.6. The van der Waals surface area contributed by atoms with Gasteiger partial charge in [-0.3, -0.25) is 9.69 Å². The van der Waals surface area contributed by atoms with Gasteiger partial charge >= 0.3 is 5.97 Å². The fourth-order valence-corrected chi connectivity index (χ4v) is 3.32. The number of hydrogen-bond donors (Lipinski definition) is 1.